The Kier molecular flexibility index (Phi) is 3.81. The van der Waals surface area contributed by atoms with Gasteiger partial charge in [0.25, 0.3) is 0 Å². The summed E-state index contributed by atoms with van der Waals surface area (Å²) in [7, 11) is -1.10. The van der Waals surface area contributed by atoms with Gasteiger partial charge in [-0.25, -0.2) is 9.97 Å². The lowest BCUT2D eigenvalue weighted by Gasteiger charge is -2.01. The minimum atomic E-state index is -1.10. The summed E-state index contributed by atoms with van der Waals surface area (Å²) in [6.07, 6.45) is 1.57. The summed E-state index contributed by atoms with van der Waals surface area (Å²) in [6.45, 7) is 0. The molecule has 0 aliphatic heterocycles. The van der Waals surface area contributed by atoms with Gasteiger partial charge in [0.15, 0.2) is 4.73 Å². The van der Waals surface area contributed by atoms with Gasteiger partial charge in [-0.1, -0.05) is 0 Å². The van der Waals surface area contributed by atoms with E-state index in [2.05, 4.69) is 57.8 Å². The summed E-state index contributed by atoms with van der Waals surface area (Å²) in [5, 5.41) is 0. The fraction of sp³-hybridized carbons (Fsp3) is 0.200. The summed E-state index contributed by atoms with van der Waals surface area (Å²) >= 11 is 9.50. The van der Waals surface area contributed by atoms with Crippen molar-refractivity contribution in [3.05, 3.63) is 13.9 Å². The summed E-state index contributed by atoms with van der Waals surface area (Å²) in [5.74, 6) is 0. The van der Waals surface area contributed by atoms with Gasteiger partial charge in [0.1, 0.15) is 14.1 Å². The number of hydrogen-bond acceptors (Lipinski definition) is 3. The molecule has 0 aliphatic rings. The minimum absolute atomic E-state index is 0.454. The monoisotopic (exact) mass is 376 g/mol. The second kappa shape index (κ2) is 4.26. The second-order valence-electron chi connectivity index (χ2n) is 1.86. The zero-order valence-electron chi connectivity index (χ0n) is 5.84. The second-order valence-corrected chi connectivity index (χ2v) is 5.39. The standard InChI is InChI=1S/C5H3Br3N2OS/c1-12(11)2-3(6)9-5(8)10-4(2)7/h1H3. The number of rotatable bonds is 1. The van der Waals surface area contributed by atoms with Gasteiger partial charge in [0.05, 0.1) is 10.8 Å². The van der Waals surface area contributed by atoms with Crippen molar-refractivity contribution in [2.45, 2.75) is 4.90 Å². The quantitative estimate of drug-likeness (QED) is 0.557. The van der Waals surface area contributed by atoms with Crippen molar-refractivity contribution in [1.29, 1.82) is 0 Å². The molecular formula is C5H3Br3N2OS. The Morgan fingerprint density at radius 1 is 1.17 bits per heavy atom. The van der Waals surface area contributed by atoms with Gasteiger partial charge in [-0.05, 0) is 47.8 Å². The van der Waals surface area contributed by atoms with E-state index in [0.717, 1.165) is 0 Å². The van der Waals surface area contributed by atoms with Crippen molar-refractivity contribution in [2.24, 2.45) is 0 Å². The SMILES string of the molecule is CS(=O)c1c(Br)nc(Br)nc1Br. The molecule has 1 unspecified atom stereocenters. The molecule has 0 N–H and O–H groups in total. The molecule has 66 valence electrons. The van der Waals surface area contributed by atoms with E-state index in [-0.39, 0.29) is 0 Å². The van der Waals surface area contributed by atoms with Crippen molar-refractivity contribution >= 4 is 58.6 Å². The van der Waals surface area contributed by atoms with Gasteiger partial charge in [0, 0.05) is 6.26 Å². The summed E-state index contributed by atoms with van der Waals surface area (Å²) in [6, 6.07) is 0. The number of nitrogens with zero attached hydrogens (tertiary/aromatic N) is 2. The van der Waals surface area contributed by atoms with Crippen molar-refractivity contribution in [2.75, 3.05) is 6.26 Å². The molecule has 7 heteroatoms. The van der Waals surface area contributed by atoms with E-state index in [9.17, 15) is 4.21 Å². The van der Waals surface area contributed by atoms with Crippen LogP contribution in [0.4, 0.5) is 0 Å². The lowest BCUT2D eigenvalue weighted by Crippen LogP contribution is -1.97. The van der Waals surface area contributed by atoms with Gasteiger partial charge >= 0.3 is 0 Å². The van der Waals surface area contributed by atoms with Crippen molar-refractivity contribution in [3.63, 3.8) is 0 Å². The van der Waals surface area contributed by atoms with E-state index in [4.69, 9.17) is 0 Å². The first-order valence-corrected chi connectivity index (χ1v) is 6.68. The van der Waals surface area contributed by atoms with Crippen LogP contribution in [0.15, 0.2) is 18.8 Å². The Balaban J connectivity index is 3.38. The fourth-order valence-corrected chi connectivity index (χ4v) is 4.35. The van der Waals surface area contributed by atoms with Crippen LogP contribution in [-0.2, 0) is 10.8 Å². The average Bonchev–Trinajstić information content (AvgIpc) is 1.82. The molecule has 1 aromatic heterocycles. The van der Waals surface area contributed by atoms with Crippen LogP contribution in [0.25, 0.3) is 0 Å². The van der Waals surface area contributed by atoms with Crippen LogP contribution in [-0.4, -0.2) is 20.4 Å². The number of aromatic nitrogens is 2. The first-order valence-electron chi connectivity index (χ1n) is 2.74. The van der Waals surface area contributed by atoms with Crippen molar-refractivity contribution in [3.8, 4) is 0 Å². The molecule has 12 heavy (non-hydrogen) atoms. The largest absolute Gasteiger partial charge is 0.254 e. The third kappa shape index (κ3) is 2.34. The Labute approximate surface area is 97.2 Å². The van der Waals surface area contributed by atoms with E-state index in [1.165, 1.54) is 0 Å². The van der Waals surface area contributed by atoms with Crippen LogP contribution in [0.5, 0.6) is 0 Å². The molecule has 3 nitrogen and oxygen atoms in total. The molecular weight excluding hydrogens is 376 g/mol. The maximum atomic E-state index is 11.2. The lowest BCUT2D eigenvalue weighted by molar-refractivity contribution is 0.684. The predicted molar refractivity (Wildman–Crippen MR) is 57.5 cm³/mol. The Morgan fingerprint density at radius 2 is 1.58 bits per heavy atom. The molecule has 0 saturated heterocycles. The van der Waals surface area contributed by atoms with Gasteiger partial charge < -0.3 is 0 Å². The average molecular weight is 379 g/mol. The molecule has 0 fully saturated rings. The third-order valence-electron chi connectivity index (χ3n) is 1.04. The molecule has 0 spiro atoms. The van der Waals surface area contributed by atoms with E-state index in [0.29, 0.717) is 18.8 Å². The zero-order chi connectivity index (χ0) is 9.30. The van der Waals surface area contributed by atoms with Gasteiger partial charge in [-0.15, -0.1) is 0 Å². The topological polar surface area (TPSA) is 42.9 Å². The lowest BCUT2D eigenvalue weighted by atomic mass is 10.7. The number of hydrogen-bond donors (Lipinski definition) is 0. The third-order valence-corrected chi connectivity index (χ3v) is 4.03. The molecule has 0 bridgehead atoms. The molecule has 0 saturated carbocycles. The minimum Gasteiger partial charge on any atom is -0.254 e. The van der Waals surface area contributed by atoms with Gasteiger partial charge in [-0.3, -0.25) is 4.21 Å². The van der Waals surface area contributed by atoms with Crippen LogP contribution in [0.1, 0.15) is 0 Å². The normalized spacial score (nSPS) is 13.0. The summed E-state index contributed by atoms with van der Waals surface area (Å²) in [4.78, 5) is 8.48. The highest BCUT2D eigenvalue weighted by molar-refractivity contribution is 9.11. The van der Waals surface area contributed by atoms with Crippen LogP contribution < -0.4 is 0 Å². The molecule has 1 aromatic rings. The first-order chi connectivity index (χ1) is 5.52. The molecule has 1 rings (SSSR count). The van der Waals surface area contributed by atoms with Crippen molar-refractivity contribution < 1.29 is 4.21 Å². The maximum Gasteiger partial charge on any atom is 0.198 e. The molecule has 0 amide bonds. The fourth-order valence-electron chi connectivity index (χ4n) is 0.611. The van der Waals surface area contributed by atoms with Crippen LogP contribution in [0.2, 0.25) is 0 Å². The Morgan fingerprint density at radius 3 is 1.92 bits per heavy atom. The van der Waals surface area contributed by atoms with E-state index >= 15 is 0 Å². The van der Waals surface area contributed by atoms with E-state index in [1.54, 1.807) is 6.26 Å². The Bertz CT molecular complexity index is 320. The van der Waals surface area contributed by atoms with Gasteiger partial charge in [-0.2, -0.15) is 0 Å². The van der Waals surface area contributed by atoms with E-state index < -0.39 is 10.8 Å². The van der Waals surface area contributed by atoms with Crippen LogP contribution in [0.3, 0.4) is 0 Å². The predicted octanol–water partition coefficient (Wildman–Crippen LogP) is 2.50. The molecule has 1 atom stereocenters. The smallest absolute Gasteiger partial charge is 0.198 e. The zero-order valence-corrected chi connectivity index (χ0v) is 11.4. The molecule has 0 aromatic carbocycles. The molecule has 0 radical (unpaired) electrons. The highest BCUT2D eigenvalue weighted by atomic mass is 79.9. The Hall–Kier alpha value is 0.670. The number of halogens is 3. The van der Waals surface area contributed by atoms with Crippen LogP contribution >= 0.6 is 47.8 Å². The molecule has 0 aliphatic carbocycles. The highest BCUT2D eigenvalue weighted by Crippen LogP contribution is 2.26. The molecule has 1 heterocycles. The van der Waals surface area contributed by atoms with Crippen LogP contribution in [0, 0.1) is 0 Å². The highest BCUT2D eigenvalue weighted by Gasteiger charge is 2.12. The summed E-state index contributed by atoms with van der Waals surface area (Å²) < 4.78 is 12.7. The van der Waals surface area contributed by atoms with Crippen molar-refractivity contribution in [1.82, 2.24) is 9.97 Å². The summed E-state index contributed by atoms with van der Waals surface area (Å²) in [5.41, 5.74) is 0. The van der Waals surface area contributed by atoms with E-state index in [1.807, 2.05) is 0 Å². The van der Waals surface area contributed by atoms with Gasteiger partial charge in [0.2, 0.25) is 0 Å². The first kappa shape index (κ1) is 10.7. The maximum absolute atomic E-state index is 11.2.